The Morgan fingerprint density at radius 2 is 1.90 bits per heavy atom. The fourth-order valence-electron chi connectivity index (χ4n) is 3.36. The highest BCUT2D eigenvalue weighted by molar-refractivity contribution is 6.00. The van der Waals surface area contributed by atoms with Crippen molar-refractivity contribution >= 4 is 28.6 Å². The number of nitrogens with zero attached hydrogens (tertiary/aromatic N) is 3. The van der Waals surface area contributed by atoms with Crippen LogP contribution >= 0.6 is 0 Å². The quantitative estimate of drug-likeness (QED) is 0.736. The van der Waals surface area contributed by atoms with Gasteiger partial charge in [-0.05, 0) is 44.7 Å². The molecule has 158 valence electrons. The molecule has 0 radical (unpaired) electrons. The zero-order valence-corrected chi connectivity index (χ0v) is 17.9. The van der Waals surface area contributed by atoms with Crippen LogP contribution in [0.1, 0.15) is 50.9 Å². The van der Waals surface area contributed by atoms with E-state index >= 15 is 0 Å². The molecule has 1 saturated heterocycles. The van der Waals surface area contributed by atoms with Gasteiger partial charge in [-0.15, -0.1) is 0 Å². The van der Waals surface area contributed by atoms with Crippen LogP contribution in [0.2, 0.25) is 0 Å². The molecule has 2 atom stereocenters. The van der Waals surface area contributed by atoms with Gasteiger partial charge in [0, 0.05) is 18.5 Å². The second-order valence-corrected chi connectivity index (χ2v) is 8.25. The molecule has 1 amide bonds. The number of hydrogen-bond donors (Lipinski definition) is 1. The molecule has 7 nitrogen and oxygen atoms in total. The summed E-state index contributed by atoms with van der Waals surface area (Å²) in [5.41, 5.74) is 0.119. The molecule has 1 aliphatic heterocycles. The number of nitriles is 1. The molecule has 1 N–H and O–H groups in total. The summed E-state index contributed by atoms with van der Waals surface area (Å²) in [6, 6.07) is 11.5. The van der Waals surface area contributed by atoms with Crippen molar-refractivity contribution in [1.29, 1.82) is 5.26 Å². The molecule has 0 spiro atoms. The van der Waals surface area contributed by atoms with Crippen LogP contribution in [0.4, 0.5) is 5.82 Å². The second kappa shape index (κ2) is 8.70. The van der Waals surface area contributed by atoms with Gasteiger partial charge in [0.1, 0.15) is 16.9 Å². The van der Waals surface area contributed by atoms with Gasteiger partial charge < -0.3 is 15.0 Å². The van der Waals surface area contributed by atoms with Crippen molar-refractivity contribution in [2.45, 2.75) is 52.2 Å². The molecule has 1 aliphatic rings. The largest absolute Gasteiger partial charge is 0.449 e. The van der Waals surface area contributed by atoms with E-state index < -0.39 is 23.5 Å². The van der Waals surface area contributed by atoms with Gasteiger partial charge in [-0.1, -0.05) is 32.0 Å². The number of carbonyl (C=O) groups excluding carboxylic acids is 2. The SMILES string of the molecule is CC(OC(=O)c1cc2ccccc2nc1N1CCCC1)C(=O)NC(C)(C#N)C(C)C. The summed E-state index contributed by atoms with van der Waals surface area (Å²) < 4.78 is 5.49. The first-order valence-corrected chi connectivity index (χ1v) is 10.3. The van der Waals surface area contributed by atoms with E-state index in [1.807, 2.05) is 38.1 Å². The first-order chi connectivity index (χ1) is 14.2. The zero-order chi connectivity index (χ0) is 21.9. The van der Waals surface area contributed by atoms with Gasteiger partial charge in [-0.3, -0.25) is 4.79 Å². The van der Waals surface area contributed by atoms with Gasteiger partial charge in [0.05, 0.1) is 11.6 Å². The van der Waals surface area contributed by atoms with Gasteiger partial charge >= 0.3 is 5.97 Å². The number of para-hydroxylation sites is 1. The molecule has 1 aromatic carbocycles. The number of pyridine rings is 1. The second-order valence-electron chi connectivity index (χ2n) is 8.25. The van der Waals surface area contributed by atoms with E-state index in [2.05, 4.69) is 16.3 Å². The average Bonchev–Trinajstić information content (AvgIpc) is 3.27. The maximum Gasteiger partial charge on any atom is 0.342 e. The molecule has 1 aromatic heterocycles. The number of benzene rings is 1. The van der Waals surface area contributed by atoms with E-state index in [1.165, 1.54) is 6.92 Å². The summed E-state index contributed by atoms with van der Waals surface area (Å²) in [6.45, 7) is 8.53. The predicted molar refractivity (Wildman–Crippen MR) is 115 cm³/mol. The van der Waals surface area contributed by atoms with Crippen molar-refractivity contribution in [1.82, 2.24) is 10.3 Å². The molecule has 0 saturated carbocycles. The number of amides is 1. The number of hydrogen-bond acceptors (Lipinski definition) is 6. The summed E-state index contributed by atoms with van der Waals surface area (Å²) in [5, 5.41) is 12.9. The monoisotopic (exact) mass is 408 g/mol. The van der Waals surface area contributed by atoms with Gasteiger partial charge in [-0.25, -0.2) is 9.78 Å². The predicted octanol–water partition coefficient (Wildman–Crippen LogP) is 3.43. The number of aromatic nitrogens is 1. The van der Waals surface area contributed by atoms with Crippen LogP contribution in [-0.4, -0.2) is 41.6 Å². The lowest BCUT2D eigenvalue weighted by atomic mass is 9.90. The molecule has 7 heteroatoms. The fraction of sp³-hybridized carbons (Fsp3) is 0.478. The molecule has 3 rings (SSSR count). The fourth-order valence-corrected chi connectivity index (χ4v) is 3.36. The number of fused-ring (bicyclic) bond motifs is 1. The van der Waals surface area contributed by atoms with Crippen molar-refractivity contribution in [3.05, 3.63) is 35.9 Å². The van der Waals surface area contributed by atoms with Crippen molar-refractivity contribution in [2.24, 2.45) is 5.92 Å². The smallest absolute Gasteiger partial charge is 0.342 e. The number of ether oxygens (including phenoxy) is 1. The van der Waals surface area contributed by atoms with Gasteiger partial charge in [0.15, 0.2) is 6.10 Å². The number of nitrogens with one attached hydrogen (secondary N) is 1. The van der Waals surface area contributed by atoms with Crippen LogP contribution in [0.15, 0.2) is 30.3 Å². The van der Waals surface area contributed by atoms with Gasteiger partial charge in [0.2, 0.25) is 0 Å². The first kappa shape index (κ1) is 21.6. The minimum Gasteiger partial charge on any atom is -0.449 e. The minimum absolute atomic E-state index is 0.0965. The normalized spacial score (nSPS) is 16.7. The summed E-state index contributed by atoms with van der Waals surface area (Å²) >= 11 is 0. The number of anilines is 1. The highest BCUT2D eigenvalue weighted by Crippen LogP contribution is 2.27. The molecular weight excluding hydrogens is 380 g/mol. The van der Waals surface area contributed by atoms with E-state index in [0.29, 0.717) is 11.4 Å². The zero-order valence-electron chi connectivity index (χ0n) is 17.9. The number of esters is 1. The van der Waals surface area contributed by atoms with E-state index in [9.17, 15) is 14.9 Å². The maximum absolute atomic E-state index is 13.0. The summed E-state index contributed by atoms with van der Waals surface area (Å²) in [6.07, 6.45) is 1.05. The molecule has 1 fully saturated rings. The Bertz CT molecular complexity index is 992. The van der Waals surface area contributed by atoms with Crippen LogP contribution in [0.5, 0.6) is 0 Å². The topological polar surface area (TPSA) is 95.3 Å². The van der Waals surface area contributed by atoms with E-state index in [4.69, 9.17) is 9.72 Å². The summed E-state index contributed by atoms with van der Waals surface area (Å²) in [7, 11) is 0. The number of rotatable bonds is 6. The third kappa shape index (κ3) is 4.38. The van der Waals surface area contributed by atoms with Crippen LogP contribution < -0.4 is 10.2 Å². The van der Waals surface area contributed by atoms with Crippen LogP contribution in [0.25, 0.3) is 10.9 Å². The first-order valence-electron chi connectivity index (χ1n) is 10.3. The highest BCUT2D eigenvalue weighted by atomic mass is 16.5. The molecule has 0 bridgehead atoms. The van der Waals surface area contributed by atoms with Crippen molar-refractivity contribution in [2.75, 3.05) is 18.0 Å². The molecule has 2 heterocycles. The highest BCUT2D eigenvalue weighted by Gasteiger charge is 2.33. The Hall–Kier alpha value is -3.14. The Kier molecular flexibility index (Phi) is 6.25. The lowest BCUT2D eigenvalue weighted by Gasteiger charge is -2.28. The van der Waals surface area contributed by atoms with Crippen LogP contribution in [0, 0.1) is 17.2 Å². The van der Waals surface area contributed by atoms with E-state index in [1.54, 1.807) is 13.0 Å². The lowest BCUT2D eigenvalue weighted by Crippen LogP contribution is -2.52. The number of carbonyl (C=O) groups is 2. The molecule has 30 heavy (non-hydrogen) atoms. The molecular formula is C23H28N4O3. The Labute approximate surface area is 177 Å². The third-order valence-electron chi connectivity index (χ3n) is 5.75. The Morgan fingerprint density at radius 1 is 1.23 bits per heavy atom. The van der Waals surface area contributed by atoms with Gasteiger partial charge in [0.25, 0.3) is 5.91 Å². The Morgan fingerprint density at radius 3 is 2.53 bits per heavy atom. The molecule has 2 aromatic rings. The van der Waals surface area contributed by atoms with Crippen LogP contribution in [0.3, 0.4) is 0 Å². The third-order valence-corrected chi connectivity index (χ3v) is 5.75. The average molecular weight is 409 g/mol. The van der Waals surface area contributed by atoms with Gasteiger partial charge in [-0.2, -0.15) is 5.26 Å². The molecule has 0 aliphatic carbocycles. The van der Waals surface area contributed by atoms with Crippen molar-refractivity contribution < 1.29 is 14.3 Å². The minimum atomic E-state index is -1.04. The Balaban J connectivity index is 1.84. The van der Waals surface area contributed by atoms with Crippen molar-refractivity contribution in [3.63, 3.8) is 0 Å². The van der Waals surface area contributed by atoms with E-state index in [-0.39, 0.29) is 5.92 Å². The summed E-state index contributed by atoms with van der Waals surface area (Å²) in [5.74, 6) is -0.604. The van der Waals surface area contributed by atoms with Crippen molar-refractivity contribution in [3.8, 4) is 6.07 Å². The lowest BCUT2D eigenvalue weighted by molar-refractivity contribution is -0.130. The molecule has 2 unspecified atom stereocenters. The maximum atomic E-state index is 13.0. The standard InChI is InChI=1S/C23H28N4O3/c1-15(2)23(4,14-24)26-21(28)16(3)30-22(29)18-13-17-9-5-6-10-19(17)25-20(18)27-11-7-8-12-27/h5-6,9-10,13,15-16H,7-8,11-12H2,1-4H3,(H,26,28). The van der Waals surface area contributed by atoms with E-state index in [0.717, 1.165) is 36.8 Å². The summed E-state index contributed by atoms with van der Waals surface area (Å²) in [4.78, 5) is 32.4. The van der Waals surface area contributed by atoms with Crippen LogP contribution in [-0.2, 0) is 9.53 Å².